The lowest BCUT2D eigenvalue weighted by Gasteiger charge is -2.10. The third-order valence-electron chi connectivity index (χ3n) is 3.62. The van der Waals surface area contributed by atoms with Crippen LogP contribution in [0, 0.1) is 11.6 Å². The van der Waals surface area contributed by atoms with Gasteiger partial charge in [0.15, 0.2) is 0 Å². The van der Waals surface area contributed by atoms with Gasteiger partial charge in [-0.15, -0.1) is 0 Å². The van der Waals surface area contributed by atoms with Gasteiger partial charge in [-0.05, 0) is 35.9 Å². The Bertz CT molecular complexity index is 950. The maximum Gasteiger partial charge on any atom is 0.255 e. The minimum Gasteiger partial charge on any atom is -0.366 e. The summed E-state index contributed by atoms with van der Waals surface area (Å²) in [6, 6.07) is 13.4. The Morgan fingerprint density at radius 2 is 1.88 bits per heavy atom. The van der Waals surface area contributed by atoms with Gasteiger partial charge >= 0.3 is 0 Å². The molecular formula is C19H14ClF2N3O. The van der Waals surface area contributed by atoms with E-state index in [9.17, 15) is 13.6 Å². The van der Waals surface area contributed by atoms with Gasteiger partial charge in [-0.3, -0.25) is 4.79 Å². The fourth-order valence-corrected chi connectivity index (χ4v) is 2.48. The molecule has 132 valence electrons. The van der Waals surface area contributed by atoms with E-state index in [2.05, 4.69) is 15.6 Å². The topological polar surface area (TPSA) is 54.0 Å². The molecule has 1 heterocycles. The van der Waals surface area contributed by atoms with Gasteiger partial charge in [0.25, 0.3) is 5.91 Å². The highest BCUT2D eigenvalue weighted by atomic mass is 35.5. The summed E-state index contributed by atoms with van der Waals surface area (Å²) in [7, 11) is 0. The van der Waals surface area contributed by atoms with Crippen LogP contribution in [0.5, 0.6) is 0 Å². The number of rotatable bonds is 5. The smallest absolute Gasteiger partial charge is 0.255 e. The molecule has 0 radical (unpaired) electrons. The lowest BCUT2D eigenvalue weighted by atomic mass is 10.2. The van der Waals surface area contributed by atoms with Crippen LogP contribution in [-0.4, -0.2) is 10.9 Å². The quantitative estimate of drug-likeness (QED) is 0.670. The third-order valence-corrected chi connectivity index (χ3v) is 3.99. The molecule has 0 saturated carbocycles. The number of aromatic nitrogens is 1. The molecule has 0 unspecified atom stereocenters. The van der Waals surface area contributed by atoms with Gasteiger partial charge in [0.1, 0.15) is 17.5 Å². The molecule has 0 saturated heterocycles. The fraction of sp³-hybridized carbons (Fsp3) is 0.0526. The Morgan fingerprint density at radius 3 is 2.65 bits per heavy atom. The maximum absolute atomic E-state index is 13.7. The molecule has 7 heteroatoms. The summed E-state index contributed by atoms with van der Waals surface area (Å²) in [6.45, 7) is 0.435. The molecule has 26 heavy (non-hydrogen) atoms. The summed E-state index contributed by atoms with van der Waals surface area (Å²) in [5, 5.41) is 6.11. The number of hydrogen-bond donors (Lipinski definition) is 2. The van der Waals surface area contributed by atoms with Crippen molar-refractivity contribution in [3.05, 3.63) is 88.6 Å². The van der Waals surface area contributed by atoms with Crippen molar-refractivity contribution < 1.29 is 13.6 Å². The molecule has 0 aliphatic heterocycles. The second kappa shape index (κ2) is 7.93. The number of carbonyl (C=O) groups is 1. The summed E-state index contributed by atoms with van der Waals surface area (Å²) < 4.78 is 26.6. The molecule has 0 spiro atoms. The number of benzene rings is 2. The number of pyridine rings is 1. The Hall–Kier alpha value is -2.99. The lowest BCUT2D eigenvalue weighted by molar-refractivity contribution is 0.102. The summed E-state index contributed by atoms with van der Waals surface area (Å²) in [5.74, 6) is -1.62. The van der Waals surface area contributed by atoms with E-state index in [-0.39, 0.29) is 11.3 Å². The second-order valence-corrected chi connectivity index (χ2v) is 5.86. The van der Waals surface area contributed by atoms with Crippen LogP contribution in [0.4, 0.5) is 20.3 Å². The van der Waals surface area contributed by atoms with Crippen molar-refractivity contribution in [2.45, 2.75) is 6.54 Å². The zero-order valence-corrected chi connectivity index (χ0v) is 14.2. The predicted octanol–water partition coefficient (Wildman–Crippen LogP) is 4.88. The van der Waals surface area contributed by atoms with Crippen LogP contribution in [0.3, 0.4) is 0 Å². The number of halogens is 3. The maximum atomic E-state index is 13.7. The fourth-order valence-electron chi connectivity index (χ4n) is 2.28. The Morgan fingerprint density at radius 1 is 1.08 bits per heavy atom. The van der Waals surface area contributed by atoms with Crippen molar-refractivity contribution in [2.75, 3.05) is 10.6 Å². The molecule has 1 amide bonds. The van der Waals surface area contributed by atoms with Crippen molar-refractivity contribution in [1.29, 1.82) is 0 Å². The van der Waals surface area contributed by atoms with E-state index < -0.39 is 17.5 Å². The van der Waals surface area contributed by atoms with Gasteiger partial charge in [0, 0.05) is 29.4 Å². The van der Waals surface area contributed by atoms with Crippen LogP contribution in [0.1, 0.15) is 15.9 Å². The molecular weight excluding hydrogens is 360 g/mol. The molecule has 4 nitrogen and oxygen atoms in total. The van der Waals surface area contributed by atoms with E-state index in [0.717, 1.165) is 11.6 Å². The normalized spacial score (nSPS) is 10.4. The van der Waals surface area contributed by atoms with Crippen molar-refractivity contribution in [2.24, 2.45) is 0 Å². The zero-order chi connectivity index (χ0) is 18.5. The van der Waals surface area contributed by atoms with E-state index in [0.29, 0.717) is 23.5 Å². The molecule has 1 aromatic heterocycles. The summed E-state index contributed by atoms with van der Waals surface area (Å²) >= 11 is 6.10. The molecule has 0 bridgehead atoms. The number of carbonyl (C=O) groups excluding carboxylic acids is 1. The van der Waals surface area contributed by atoms with Gasteiger partial charge < -0.3 is 10.6 Å². The Balaban J connectivity index is 1.70. The SMILES string of the molecule is O=C(Nc1ccc(F)cc1F)c1ccnc(NCc2ccccc2Cl)c1. The Labute approximate surface area is 153 Å². The highest BCUT2D eigenvalue weighted by molar-refractivity contribution is 6.31. The monoisotopic (exact) mass is 373 g/mol. The van der Waals surface area contributed by atoms with Crippen LogP contribution in [-0.2, 0) is 6.54 Å². The lowest BCUT2D eigenvalue weighted by Crippen LogP contribution is -2.14. The van der Waals surface area contributed by atoms with Gasteiger partial charge in [0.2, 0.25) is 0 Å². The summed E-state index contributed by atoms with van der Waals surface area (Å²) in [4.78, 5) is 16.4. The van der Waals surface area contributed by atoms with Crippen molar-refractivity contribution in [3.63, 3.8) is 0 Å². The number of anilines is 2. The third kappa shape index (κ3) is 4.34. The molecule has 0 fully saturated rings. The van der Waals surface area contributed by atoms with E-state index in [1.165, 1.54) is 24.4 Å². The van der Waals surface area contributed by atoms with Crippen molar-refractivity contribution >= 4 is 29.0 Å². The average molecular weight is 374 g/mol. The van der Waals surface area contributed by atoms with Crippen LogP contribution >= 0.6 is 11.6 Å². The molecule has 0 aliphatic carbocycles. The van der Waals surface area contributed by atoms with E-state index in [1.807, 2.05) is 18.2 Å². The predicted molar refractivity (Wildman–Crippen MR) is 97.3 cm³/mol. The average Bonchev–Trinajstić information content (AvgIpc) is 2.63. The van der Waals surface area contributed by atoms with Crippen LogP contribution in [0.15, 0.2) is 60.8 Å². The van der Waals surface area contributed by atoms with Crippen molar-refractivity contribution in [1.82, 2.24) is 4.98 Å². The van der Waals surface area contributed by atoms with E-state index in [1.54, 1.807) is 6.07 Å². The zero-order valence-electron chi connectivity index (χ0n) is 13.5. The van der Waals surface area contributed by atoms with Gasteiger partial charge in [-0.1, -0.05) is 29.8 Å². The first-order valence-corrected chi connectivity index (χ1v) is 8.10. The van der Waals surface area contributed by atoms with Crippen LogP contribution < -0.4 is 10.6 Å². The molecule has 3 aromatic rings. The highest BCUT2D eigenvalue weighted by Crippen LogP contribution is 2.18. The molecule has 2 aromatic carbocycles. The first-order valence-electron chi connectivity index (χ1n) is 7.72. The van der Waals surface area contributed by atoms with Gasteiger partial charge in [-0.2, -0.15) is 0 Å². The van der Waals surface area contributed by atoms with Gasteiger partial charge in [0.05, 0.1) is 5.69 Å². The van der Waals surface area contributed by atoms with Crippen LogP contribution in [0.2, 0.25) is 5.02 Å². The number of hydrogen-bond acceptors (Lipinski definition) is 3. The number of nitrogens with zero attached hydrogens (tertiary/aromatic N) is 1. The molecule has 0 aliphatic rings. The molecule has 2 N–H and O–H groups in total. The minimum atomic E-state index is -0.843. The first kappa shape index (κ1) is 17.8. The molecule has 3 rings (SSSR count). The largest absolute Gasteiger partial charge is 0.366 e. The minimum absolute atomic E-state index is 0.0983. The van der Waals surface area contributed by atoms with Crippen molar-refractivity contribution in [3.8, 4) is 0 Å². The summed E-state index contributed by atoms with van der Waals surface area (Å²) in [6.07, 6.45) is 1.46. The Kier molecular flexibility index (Phi) is 5.43. The standard InChI is InChI=1S/C19H14ClF2N3O/c20-15-4-2-1-3-13(15)11-24-18-9-12(7-8-23-18)19(26)25-17-6-5-14(21)10-16(17)22/h1-10H,11H2,(H,23,24)(H,25,26). The molecule has 0 atom stereocenters. The number of nitrogens with one attached hydrogen (secondary N) is 2. The first-order chi connectivity index (χ1) is 12.5. The van der Waals surface area contributed by atoms with E-state index in [4.69, 9.17) is 11.6 Å². The highest BCUT2D eigenvalue weighted by Gasteiger charge is 2.11. The van der Waals surface area contributed by atoms with Gasteiger partial charge in [-0.25, -0.2) is 13.8 Å². The van der Waals surface area contributed by atoms with Crippen LogP contribution in [0.25, 0.3) is 0 Å². The number of amides is 1. The summed E-state index contributed by atoms with van der Waals surface area (Å²) in [5.41, 5.74) is 1.07. The van der Waals surface area contributed by atoms with E-state index >= 15 is 0 Å². The second-order valence-electron chi connectivity index (χ2n) is 5.45.